The lowest BCUT2D eigenvalue weighted by atomic mass is 10.1. The van der Waals surface area contributed by atoms with Gasteiger partial charge in [0, 0.05) is 5.56 Å². The van der Waals surface area contributed by atoms with E-state index in [0.29, 0.717) is 0 Å². The highest BCUT2D eigenvalue weighted by Crippen LogP contribution is 2.22. The van der Waals surface area contributed by atoms with Crippen molar-refractivity contribution in [2.75, 3.05) is 0 Å². The summed E-state index contributed by atoms with van der Waals surface area (Å²) in [5, 5.41) is 2.46. The standard InChI is InChI=1S/C13H9NO/c1-2-4-11-7-12(6-5-10(11)3-1)13-8-15-9-14-13/h1-9H. The number of hydrogen-bond donors (Lipinski definition) is 0. The lowest BCUT2D eigenvalue weighted by Crippen LogP contribution is -1.77. The molecule has 2 nitrogen and oxygen atoms in total. The van der Waals surface area contributed by atoms with Crippen LogP contribution in [0.3, 0.4) is 0 Å². The topological polar surface area (TPSA) is 26.0 Å². The number of hydrogen-bond acceptors (Lipinski definition) is 2. The third kappa shape index (κ3) is 1.40. The molecule has 0 aliphatic rings. The molecule has 0 amide bonds. The van der Waals surface area contributed by atoms with E-state index < -0.39 is 0 Å². The van der Waals surface area contributed by atoms with Gasteiger partial charge < -0.3 is 4.42 Å². The molecular weight excluding hydrogens is 186 g/mol. The first-order valence-corrected chi connectivity index (χ1v) is 4.81. The molecule has 3 rings (SSSR count). The molecule has 72 valence electrons. The van der Waals surface area contributed by atoms with Crippen molar-refractivity contribution in [1.82, 2.24) is 4.98 Å². The SMILES string of the molecule is c1ccc2cc(-c3cocn3)ccc2c1. The number of oxazole rings is 1. The van der Waals surface area contributed by atoms with Gasteiger partial charge in [0.2, 0.25) is 0 Å². The smallest absolute Gasteiger partial charge is 0.181 e. The summed E-state index contributed by atoms with van der Waals surface area (Å²) >= 11 is 0. The first-order chi connectivity index (χ1) is 7.43. The Balaban J connectivity index is 2.22. The Kier molecular flexibility index (Phi) is 1.78. The van der Waals surface area contributed by atoms with Crippen LogP contribution in [0.4, 0.5) is 0 Å². The highest BCUT2D eigenvalue weighted by atomic mass is 16.3. The largest absolute Gasteiger partial charge is 0.451 e. The van der Waals surface area contributed by atoms with Crippen LogP contribution in [0.15, 0.2) is 59.5 Å². The molecule has 2 heteroatoms. The molecule has 1 heterocycles. The predicted molar refractivity (Wildman–Crippen MR) is 59.4 cm³/mol. The number of aromatic nitrogens is 1. The molecule has 0 spiro atoms. The molecule has 0 N–H and O–H groups in total. The van der Waals surface area contributed by atoms with Crippen LogP contribution in [-0.4, -0.2) is 4.98 Å². The van der Waals surface area contributed by atoms with Crippen LogP contribution in [0, 0.1) is 0 Å². The van der Waals surface area contributed by atoms with Gasteiger partial charge in [0.05, 0.1) is 0 Å². The number of rotatable bonds is 1. The first kappa shape index (κ1) is 8.24. The van der Waals surface area contributed by atoms with Crippen molar-refractivity contribution < 1.29 is 4.42 Å². The van der Waals surface area contributed by atoms with Crippen molar-refractivity contribution in [2.45, 2.75) is 0 Å². The zero-order valence-corrected chi connectivity index (χ0v) is 8.05. The van der Waals surface area contributed by atoms with Crippen LogP contribution >= 0.6 is 0 Å². The summed E-state index contributed by atoms with van der Waals surface area (Å²) in [6, 6.07) is 14.5. The Morgan fingerprint density at radius 3 is 2.60 bits per heavy atom. The van der Waals surface area contributed by atoms with Crippen LogP contribution in [-0.2, 0) is 0 Å². The molecule has 15 heavy (non-hydrogen) atoms. The van der Waals surface area contributed by atoms with Crippen molar-refractivity contribution in [2.24, 2.45) is 0 Å². The second kappa shape index (κ2) is 3.24. The summed E-state index contributed by atoms with van der Waals surface area (Å²) in [5.74, 6) is 0. The molecule has 0 unspecified atom stereocenters. The van der Waals surface area contributed by atoms with Crippen LogP contribution in [0.1, 0.15) is 0 Å². The molecular formula is C13H9NO. The highest BCUT2D eigenvalue weighted by Gasteiger charge is 2.01. The minimum absolute atomic E-state index is 0.876. The normalized spacial score (nSPS) is 10.7. The number of nitrogens with zero attached hydrogens (tertiary/aromatic N) is 1. The van der Waals surface area contributed by atoms with Gasteiger partial charge in [0.1, 0.15) is 12.0 Å². The van der Waals surface area contributed by atoms with Gasteiger partial charge in [-0.2, -0.15) is 0 Å². The highest BCUT2D eigenvalue weighted by molar-refractivity contribution is 5.86. The third-order valence-electron chi connectivity index (χ3n) is 2.48. The maximum Gasteiger partial charge on any atom is 0.181 e. The maximum absolute atomic E-state index is 4.97. The first-order valence-electron chi connectivity index (χ1n) is 4.81. The summed E-state index contributed by atoms with van der Waals surface area (Å²) in [6.07, 6.45) is 3.11. The fourth-order valence-electron chi connectivity index (χ4n) is 1.70. The Hall–Kier alpha value is -2.09. The van der Waals surface area contributed by atoms with Gasteiger partial charge in [-0.05, 0) is 16.8 Å². The van der Waals surface area contributed by atoms with Crippen LogP contribution < -0.4 is 0 Å². The van der Waals surface area contributed by atoms with Gasteiger partial charge in [-0.3, -0.25) is 0 Å². The molecule has 0 radical (unpaired) electrons. The molecule has 2 aromatic carbocycles. The van der Waals surface area contributed by atoms with Crippen LogP contribution in [0.25, 0.3) is 22.0 Å². The summed E-state index contributed by atoms with van der Waals surface area (Å²) in [4.78, 5) is 4.13. The fraction of sp³-hybridized carbons (Fsp3) is 0. The molecule has 0 saturated carbocycles. The summed E-state index contributed by atoms with van der Waals surface area (Å²) in [6.45, 7) is 0. The van der Waals surface area contributed by atoms with Crippen molar-refractivity contribution in [3.05, 3.63) is 55.1 Å². The molecule has 0 aliphatic carbocycles. The maximum atomic E-state index is 4.97. The van der Waals surface area contributed by atoms with Gasteiger partial charge >= 0.3 is 0 Å². The van der Waals surface area contributed by atoms with Gasteiger partial charge in [0.15, 0.2) is 6.39 Å². The quantitative estimate of drug-likeness (QED) is 0.594. The Labute approximate surface area is 87.2 Å². The van der Waals surface area contributed by atoms with E-state index in [1.807, 2.05) is 12.1 Å². The lowest BCUT2D eigenvalue weighted by Gasteiger charge is -1.99. The molecule has 0 saturated heterocycles. The summed E-state index contributed by atoms with van der Waals surface area (Å²) in [5.41, 5.74) is 1.96. The number of benzene rings is 2. The fourth-order valence-corrected chi connectivity index (χ4v) is 1.70. The Morgan fingerprint density at radius 2 is 1.80 bits per heavy atom. The van der Waals surface area contributed by atoms with E-state index >= 15 is 0 Å². The van der Waals surface area contributed by atoms with Crippen LogP contribution in [0.2, 0.25) is 0 Å². The van der Waals surface area contributed by atoms with E-state index in [-0.39, 0.29) is 0 Å². The lowest BCUT2D eigenvalue weighted by molar-refractivity contribution is 0.558. The zero-order valence-electron chi connectivity index (χ0n) is 8.05. The van der Waals surface area contributed by atoms with E-state index in [4.69, 9.17) is 4.42 Å². The van der Waals surface area contributed by atoms with E-state index in [2.05, 4.69) is 35.3 Å². The third-order valence-corrected chi connectivity index (χ3v) is 2.48. The minimum Gasteiger partial charge on any atom is -0.451 e. The van der Waals surface area contributed by atoms with Crippen molar-refractivity contribution in [3.8, 4) is 11.3 Å². The molecule has 0 atom stereocenters. The molecule has 0 fully saturated rings. The molecule has 3 aromatic rings. The van der Waals surface area contributed by atoms with Gasteiger partial charge in [-0.25, -0.2) is 4.98 Å². The Morgan fingerprint density at radius 1 is 0.933 bits per heavy atom. The summed E-state index contributed by atoms with van der Waals surface area (Å²) < 4.78 is 4.97. The van der Waals surface area contributed by atoms with Gasteiger partial charge in [-0.1, -0.05) is 36.4 Å². The van der Waals surface area contributed by atoms with Gasteiger partial charge in [0.25, 0.3) is 0 Å². The van der Waals surface area contributed by atoms with E-state index in [1.165, 1.54) is 17.2 Å². The van der Waals surface area contributed by atoms with Crippen molar-refractivity contribution in [1.29, 1.82) is 0 Å². The number of fused-ring (bicyclic) bond motifs is 1. The Bertz CT molecular complexity index is 584. The average Bonchev–Trinajstić information content (AvgIpc) is 2.82. The molecule has 0 bridgehead atoms. The van der Waals surface area contributed by atoms with Crippen molar-refractivity contribution in [3.63, 3.8) is 0 Å². The second-order valence-electron chi connectivity index (χ2n) is 3.44. The monoisotopic (exact) mass is 195 g/mol. The summed E-state index contributed by atoms with van der Waals surface area (Å²) in [7, 11) is 0. The molecule has 0 aliphatic heterocycles. The van der Waals surface area contributed by atoms with Gasteiger partial charge in [-0.15, -0.1) is 0 Å². The van der Waals surface area contributed by atoms with Crippen molar-refractivity contribution >= 4 is 10.8 Å². The van der Waals surface area contributed by atoms with E-state index in [1.54, 1.807) is 6.26 Å². The predicted octanol–water partition coefficient (Wildman–Crippen LogP) is 3.49. The van der Waals surface area contributed by atoms with Crippen LogP contribution in [0.5, 0.6) is 0 Å². The zero-order chi connectivity index (χ0) is 10.1. The second-order valence-corrected chi connectivity index (χ2v) is 3.44. The average molecular weight is 195 g/mol. The molecule has 1 aromatic heterocycles. The van der Waals surface area contributed by atoms with E-state index in [9.17, 15) is 0 Å². The van der Waals surface area contributed by atoms with E-state index in [0.717, 1.165) is 11.3 Å². The minimum atomic E-state index is 0.876.